The van der Waals surface area contributed by atoms with Gasteiger partial charge in [0.1, 0.15) is 0 Å². The van der Waals surface area contributed by atoms with Gasteiger partial charge in [0.05, 0.1) is 17.0 Å². The first-order valence-electron chi connectivity index (χ1n) is 8.36. The summed E-state index contributed by atoms with van der Waals surface area (Å²) in [6.45, 7) is 4.08. The topological polar surface area (TPSA) is 63.2 Å². The number of unbranched alkanes of at least 4 members (excludes halogenated alkanes) is 1. The molecule has 2 fully saturated rings. The molecule has 0 aromatic rings. The molecule has 5 heteroatoms. The number of carbonyl (C=O) groups is 1. The van der Waals surface area contributed by atoms with E-state index in [4.69, 9.17) is 0 Å². The summed E-state index contributed by atoms with van der Waals surface area (Å²) in [5, 5.41) is 3.02. The van der Waals surface area contributed by atoms with Crippen LogP contribution in [0, 0.1) is 11.8 Å². The van der Waals surface area contributed by atoms with Crippen LogP contribution < -0.4 is 5.32 Å². The first-order valence-corrected chi connectivity index (χ1v) is 10.2. The Kier molecular flexibility index (Phi) is 5.33. The van der Waals surface area contributed by atoms with Crippen LogP contribution in [-0.2, 0) is 14.6 Å². The van der Waals surface area contributed by atoms with Crippen molar-refractivity contribution in [1.82, 2.24) is 5.32 Å². The maximum Gasteiger partial charge on any atom is 0.223 e. The van der Waals surface area contributed by atoms with Gasteiger partial charge in [0.25, 0.3) is 0 Å². The summed E-state index contributed by atoms with van der Waals surface area (Å²) in [5.74, 6) is 1.24. The van der Waals surface area contributed by atoms with Crippen molar-refractivity contribution in [2.75, 3.05) is 11.5 Å². The van der Waals surface area contributed by atoms with Crippen molar-refractivity contribution in [2.24, 2.45) is 11.8 Å². The van der Waals surface area contributed by atoms with Gasteiger partial charge < -0.3 is 5.32 Å². The Morgan fingerprint density at radius 3 is 2.43 bits per heavy atom. The number of nitrogens with one attached hydrogen (secondary N) is 1. The van der Waals surface area contributed by atoms with Crippen LogP contribution in [0.3, 0.4) is 0 Å². The molecule has 0 aromatic carbocycles. The summed E-state index contributed by atoms with van der Waals surface area (Å²) < 4.78 is 23.2. The summed E-state index contributed by atoms with van der Waals surface area (Å²) in [6.07, 6.45) is 8.59. The number of hydrogen-bond donors (Lipinski definition) is 1. The maximum atomic E-state index is 12.4. The van der Waals surface area contributed by atoms with Gasteiger partial charge in [-0.2, -0.15) is 0 Å². The van der Waals surface area contributed by atoms with Gasteiger partial charge >= 0.3 is 0 Å². The highest BCUT2D eigenvalue weighted by Gasteiger charge is 2.40. The Balaban J connectivity index is 1.80. The molecule has 2 rings (SSSR count). The van der Waals surface area contributed by atoms with Crippen LogP contribution in [0.5, 0.6) is 0 Å². The largest absolute Gasteiger partial charge is 0.350 e. The first-order chi connectivity index (χ1) is 9.84. The van der Waals surface area contributed by atoms with Crippen molar-refractivity contribution in [1.29, 1.82) is 0 Å². The van der Waals surface area contributed by atoms with Crippen molar-refractivity contribution in [3.8, 4) is 0 Å². The van der Waals surface area contributed by atoms with Crippen LogP contribution in [0.4, 0.5) is 0 Å². The lowest BCUT2D eigenvalue weighted by atomic mass is 9.79. The van der Waals surface area contributed by atoms with Crippen LogP contribution in [-0.4, -0.2) is 31.4 Å². The molecular weight excluding hydrogens is 286 g/mol. The molecule has 1 aliphatic carbocycles. The second-order valence-electron chi connectivity index (χ2n) is 7.25. The smallest absolute Gasteiger partial charge is 0.223 e. The molecule has 1 N–H and O–H groups in total. The SMILES string of the molecule is CCCCC1CCC(C(=O)NC2(C)CCS(=O)(=O)C2)CC1. The molecule has 122 valence electrons. The zero-order valence-electron chi connectivity index (χ0n) is 13.4. The quantitative estimate of drug-likeness (QED) is 0.848. The molecule has 1 amide bonds. The fourth-order valence-corrected chi connectivity index (χ4v) is 5.81. The molecule has 1 aliphatic heterocycles. The number of amides is 1. The van der Waals surface area contributed by atoms with E-state index in [9.17, 15) is 13.2 Å². The third kappa shape index (κ3) is 4.70. The van der Waals surface area contributed by atoms with Gasteiger partial charge in [0, 0.05) is 5.92 Å². The van der Waals surface area contributed by atoms with Crippen LogP contribution in [0.1, 0.15) is 65.2 Å². The molecule has 1 saturated heterocycles. The predicted octanol–water partition coefficient (Wildman–Crippen LogP) is 2.68. The van der Waals surface area contributed by atoms with E-state index in [1.807, 2.05) is 6.92 Å². The highest BCUT2D eigenvalue weighted by Crippen LogP contribution is 2.33. The van der Waals surface area contributed by atoms with Crippen LogP contribution >= 0.6 is 0 Å². The normalized spacial score (nSPS) is 35.5. The van der Waals surface area contributed by atoms with Crippen molar-refractivity contribution < 1.29 is 13.2 Å². The van der Waals surface area contributed by atoms with Crippen molar-refractivity contribution in [3.05, 3.63) is 0 Å². The lowest BCUT2D eigenvalue weighted by Crippen LogP contribution is -2.49. The molecular formula is C16H29NO3S. The lowest BCUT2D eigenvalue weighted by molar-refractivity contribution is -0.127. The summed E-state index contributed by atoms with van der Waals surface area (Å²) in [6, 6.07) is 0. The van der Waals surface area contributed by atoms with Gasteiger partial charge in [-0.25, -0.2) is 8.42 Å². The Morgan fingerprint density at radius 2 is 1.90 bits per heavy atom. The molecule has 0 aromatic heterocycles. The van der Waals surface area contributed by atoms with Gasteiger partial charge in [-0.3, -0.25) is 4.79 Å². The van der Waals surface area contributed by atoms with E-state index in [-0.39, 0.29) is 23.3 Å². The van der Waals surface area contributed by atoms with Gasteiger partial charge in [0.15, 0.2) is 9.84 Å². The fourth-order valence-electron chi connectivity index (χ4n) is 3.71. The molecule has 21 heavy (non-hydrogen) atoms. The van der Waals surface area contributed by atoms with Gasteiger partial charge in [-0.05, 0) is 44.9 Å². The second kappa shape index (κ2) is 6.67. The third-order valence-corrected chi connectivity index (χ3v) is 7.01. The average Bonchev–Trinajstić information content (AvgIpc) is 2.70. The zero-order valence-corrected chi connectivity index (χ0v) is 14.2. The molecule has 0 radical (unpaired) electrons. The van der Waals surface area contributed by atoms with E-state index in [2.05, 4.69) is 12.2 Å². The van der Waals surface area contributed by atoms with Crippen LogP contribution in [0.15, 0.2) is 0 Å². The minimum absolute atomic E-state index is 0.0727. The summed E-state index contributed by atoms with van der Waals surface area (Å²) in [4.78, 5) is 12.4. The average molecular weight is 315 g/mol. The van der Waals surface area contributed by atoms with Crippen LogP contribution in [0.25, 0.3) is 0 Å². The van der Waals surface area contributed by atoms with E-state index in [1.165, 1.54) is 19.3 Å². The summed E-state index contributed by atoms with van der Waals surface area (Å²) in [5.41, 5.74) is -0.547. The van der Waals surface area contributed by atoms with Gasteiger partial charge in [0.2, 0.25) is 5.91 Å². The number of carbonyl (C=O) groups excluding carboxylic acids is 1. The summed E-state index contributed by atoms with van der Waals surface area (Å²) in [7, 11) is -2.96. The Morgan fingerprint density at radius 1 is 1.24 bits per heavy atom. The first kappa shape index (κ1) is 16.8. The molecule has 0 bridgehead atoms. The van der Waals surface area contributed by atoms with Gasteiger partial charge in [-0.1, -0.05) is 26.2 Å². The van der Waals surface area contributed by atoms with Crippen molar-refractivity contribution >= 4 is 15.7 Å². The lowest BCUT2D eigenvalue weighted by Gasteiger charge is -2.31. The Labute approximate surface area is 129 Å². The molecule has 2 aliphatic rings. The zero-order chi connectivity index (χ0) is 15.5. The number of rotatable bonds is 5. The Hall–Kier alpha value is -0.580. The molecule has 1 atom stereocenters. The number of hydrogen-bond acceptors (Lipinski definition) is 3. The van der Waals surface area contributed by atoms with E-state index in [1.54, 1.807) is 0 Å². The molecule has 1 unspecified atom stereocenters. The third-order valence-electron chi connectivity index (χ3n) is 5.11. The maximum absolute atomic E-state index is 12.4. The monoisotopic (exact) mass is 315 g/mol. The highest BCUT2D eigenvalue weighted by atomic mass is 32.2. The van der Waals surface area contributed by atoms with E-state index in [0.717, 1.165) is 31.6 Å². The van der Waals surface area contributed by atoms with Crippen LogP contribution in [0.2, 0.25) is 0 Å². The standard InChI is InChI=1S/C16H29NO3S/c1-3-4-5-13-6-8-14(9-7-13)15(18)17-16(2)10-11-21(19,20)12-16/h13-14H,3-12H2,1-2H3,(H,17,18). The number of sulfone groups is 1. The van der Waals surface area contributed by atoms with Gasteiger partial charge in [-0.15, -0.1) is 0 Å². The predicted molar refractivity (Wildman–Crippen MR) is 84.8 cm³/mol. The van der Waals surface area contributed by atoms with E-state index < -0.39 is 15.4 Å². The van der Waals surface area contributed by atoms with Crippen molar-refractivity contribution in [3.63, 3.8) is 0 Å². The van der Waals surface area contributed by atoms with E-state index >= 15 is 0 Å². The van der Waals surface area contributed by atoms with Crippen molar-refractivity contribution in [2.45, 2.75) is 70.8 Å². The molecule has 0 spiro atoms. The molecule has 1 saturated carbocycles. The molecule has 1 heterocycles. The Bertz CT molecular complexity index is 466. The van der Waals surface area contributed by atoms with E-state index in [0.29, 0.717) is 6.42 Å². The second-order valence-corrected chi connectivity index (χ2v) is 9.44. The highest BCUT2D eigenvalue weighted by molar-refractivity contribution is 7.91. The minimum atomic E-state index is -2.96. The molecule has 4 nitrogen and oxygen atoms in total. The summed E-state index contributed by atoms with van der Waals surface area (Å²) >= 11 is 0. The fraction of sp³-hybridized carbons (Fsp3) is 0.938. The minimum Gasteiger partial charge on any atom is -0.350 e.